The highest BCUT2D eigenvalue weighted by Gasteiger charge is 1.99. The minimum Gasteiger partial charge on any atom is -0.364 e. The second kappa shape index (κ2) is 11.0. The fourth-order valence-corrected chi connectivity index (χ4v) is 1.60. The molecular formula is C12H27NO. The predicted molar refractivity (Wildman–Crippen MR) is 62.2 cm³/mol. The van der Waals surface area contributed by atoms with Crippen molar-refractivity contribution in [2.45, 2.75) is 71.4 Å². The first-order chi connectivity index (χ1) is 6.81. The van der Waals surface area contributed by atoms with Crippen LogP contribution in [0.1, 0.15) is 65.2 Å². The maximum Gasteiger partial charge on any atom is 0.105 e. The van der Waals surface area contributed by atoms with Gasteiger partial charge in [0.1, 0.15) is 6.23 Å². The Kier molecular flexibility index (Phi) is 10.9. The molecule has 0 spiro atoms. The summed E-state index contributed by atoms with van der Waals surface area (Å²) in [6.45, 7) is 4.98. The maximum atomic E-state index is 5.72. The number of unbranched alkanes of at least 4 members (excludes halogenated alkanes) is 6. The summed E-state index contributed by atoms with van der Waals surface area (Å²) in [6.07, 6.45) is 10.4. The quantitative estimate of drug-likeness (QED) is 0.434. The van der Waals surface area contributed by atoms with Crippen molar-refractivity contribution >= 4 is 0 Å². The average molecular weight is 201 g/mol. The van der Waals surface area contributed by atoms with Crippen LogP contribution in [0.3, 0.4) is 0 Å². The van der Waals surface area contributed by atoms with Gasteiger partial charge in [0.15, 0.2) is 0 Å². The summed E-state index contributed by atoms with van der Waals surface area (Å²) in [5.74, 6) is 0. The molecule has 0 saturated carbocycles. The molecule has 0 amide bonds. The van der Waals surface area contributed by atoms with Crippen LogP contribution in [-0.2, 0) is 4.74 Å². The second-order valence-electron chi connectivity index (χ2n) is 3.90. The van der Waals surface area contributed by atoms with Crippen molar-refractivity contribution in [1.82, 2.24) is 0 Å². The minimum absolute atomic E-state index is 0.0318. The van der Waals surface area contributed by atoms with Gasteiger partial charge in [-0.1, -0.05) is 45.4 Å². The van der Waals surface area contributed by atoms with E-state index in [4.69, 9.17) is 10.5 Å². The van der Waals surface area contributed by atoms with Gasteiger partial charge < -0.3 is 10.5 Å². The van der Waals surface area contributed by atoms with Crippen molar-refractivity contribution in [2.75, 3.05) is 6.61 Å². The lowest BCUT2D eigenvalue weighted by atomic mass is 10.1. The molecule has 2 N–H and O–H groups in total. The molecule has 0 radical (unpaired) electrons. The largest absolute Gasteiger partial charge is 0.364 e. The summed E-state index contributed by atoms with van der Waals surface area (Å²) < 4.78 is 5.26. The highest BCUT2D eigenvalue weighted by Crippen LogP contribution is 2.09. The van der Waals surface area contributed by atoms with Crippen molar-refractivity contribution in [3.63, 3.8) is 0 Å². The molecule has 2 nitrogen and oxygen atoms in total. The zero-order chi connectivity index (χ0) is 10.6. The summed E-state index contributed by atoms with van der Waals surface area (Å²) >= 11 is 0. The highest BCUT2D eigenvalue weighted by atomic mass is 16.5. The highest BCUT2D eigenvalue weighted by molar-refractivity contribution is 4.50. The van der Waals surface area contributed by atoms with Crippen molar-refractivity contribution in [2.24, 2.45) is 5.73 Å². The van der Waals surface area contributed by atoms with Crippen LogP contribution in [0.25, 0.3) is 0 Å². The smallest absolute Gasteiger partial charge is 0.105 e. The van der Waals surface area contributed by atoms with E-state index in [9.17, 15) is 0 Å². The van der Waals surface area contributed by atoms with Crippen LogP contribution in [0.4, 0.5) is 0 Å². The van der Waals surface area contributed by atoms with Crippen molar-refractivity contribution in [3.05, 3.63) is 0 Å². The molecule has 14 heavy (non-hydrogen) atoms. The first kappa shape index (κ1) is 13.9. The summed E-state index contributed by atoms with van der Waals surface area (Å²) in [6, 6.07) is 0. The second-order valence-corrected chi connectivity index (χ2v) is 3.90. The Labute approximate surface area is 89.2 Å². The monoisotopic (exact) mass is 201 g/mol. The molecule has 0 fully saturated rings. The van der Waals surface area contributed by atoms with E-state index in [0.29, 0.717) is 0 Å². The van der Waals surface area contributed by atoms with Gasteiger partial charge in [0, 0.05) is 6.61 Å². The molecule has 0 heterocycles. The van der Waals surface area contributed by atoms with Gasteiger partial charge in [0.05, 0.1) is 0 Å². The van der Waals surface area contributed by atoms with E-state index in [1.54, 1.807) is 0 Å². The summed E-state index contributed by atoms with van der Waals surface area (Å²) in [7, 11) is 0. The fourth-order valence-electron chi connectivity index (χ4n) is 1.60. The Bertz CT molecular complexity index is 106. The van der Waals surface area contributed by atoms with E-state index in [0.717, 1.165) is 13.0 Å². The van der Waals surface area contributed by atoms with Crippen LogP contribution in [0, 0.1) is 0 Å². The van der Waals surface area contributed by atoms with Crippen LogP contribution in [-0.4, -0.2) is 12.8 Å². The Morgan fingerprint density at radius 3 is 2.07 bits per heavy atom. The lowest BCUT2D eigenvalue weighted by molar-refractivity contribution is 0.0597. The van der Waals surface area contributed by atoms with Gasteiger partial charge in [-0.2, -0.15) is 0 Å². The van der Waals surface area contributed by atoms with E-state index in [-0.39, 0.29) is 6.23 Å². The van der Waals surface area contributed by atoms with Crippen LogP contribution >= 0.6 is 0 Å². The van der Waals surface area contributed by atoms with Gasteiger partial charge in [-0.3, -0.25) is 0 Å². The van der Waals surface area contributed by atoms with E-state index in [1.807, 2.05) is 6.92 Å². The molecule has 86 valence electrons. The molecule has 0 aliphatic heterocycles. The number of hydrogen-bond donors (Lipinski definition) is 1. The van der Waals surface area contributed by atoms with Crippen LogP contribution < -0.4 is 5.73 Å². The van der Waals surface area contributed by atoms with Gasteiger partial charge in [0.25, 0.3) is 0 Å². The normalized spacial score (nSPS) is 13.1. The third-order valence-electron chi connectivity index (χ3n) is 2.47. The van der Waals surface area contributed by atoms with E-state index >= 15 is 0 Å². The Morgan fingerprint density at radius 2 is 1.50 bits per heavy atom. The van der Waals surface area contributed by atoms with Crippen LogP contribution in [0.15, 0.2) is 0 Å². The number of nitrogens with two attached hydrogens (primary N) is 1. The van der Waals surface area contributed by atoms with Gasteiger partial charge in [-0.05, 0) is 19.8 Å². The van der Waals surface area contributed by atoms with Gasteiger partial charge >= 0.3 is 0 Å². The summed E-state index contributed by atoms with van der Waals surface area (Å²) in [5.41, 5.74) is 5.72. The molecule has 0 aliphatic rings. The molecule has 0 bridgehead atoms. The van der Waals surface area contributed by atoms with Gasteiger partial charge in [-0.25, -0.2) is 0 Å². The third kappa shape index (κ3) is 10.0. The van der Waals surface area contributed by atoms with Crippen LogP contribution in [0.5, 0.6) is 0 Å². The number of rotatable bonds is 10. The lowest BCUT2D eigenvalue weighted by Gasteiger charge is -2.10. The zero-order valence-corrected chi connectivity index (χ0v) is 9.93. The maximum absolute atomic E-state index is 5.72. The standard InChI is InChI=1S/C12H27NO/c1-3-5-6-7-8-9-10-11-12(13)14-4-2/h12H,3-11,13H2,1-2H3. The van der Waals surface area contributed by atoms with Gasteiger partial charge in [-0.15, -0.1) is 0 Å². The molecule has 0 rings (SSSR count). The molecule has 0 aromatic rings. The molecule has 0 aromatic carbocycles. The molecule has 0 aliphatic carbocycles. The van der Waals surface area contributed by atoms with Crippen LogP contribution in [0.2, 0.25) is 0 Å². The van der Waals surface area contributed by atoms with E-state index in [1.165, 1.54) is 44.9 Å². The van der Waals surface area contributed by atoms with Gasteiger partial charge in [0.2, 0.25) is 0 Å². The van der Waals surface area contributed by atoms with Crippen molar-refractivity contribution in [1.29, 1.82) is 0 Å². The first-order valence-electron chi connectivity index (χ1n) is 6.18. The topological polar surface area (TPSA) is 35.2 Å². The molecule has 2 heteroatoms. The average Bonchev–Trinajstić information content (AvgIpc) is 2.17. The number of ether oxygens (including phenoxy) is 1. The summed E-state index contributed by atoms with van der Waals surface area (Å²) in [5, 5.41) is 0. The Balaban J connectivity index is 2.98. The molecule has 0 aromatic heterocycles. The first-order valence-corrected chi connectivity index (χ1v) is 6.18. The SMILES string of the molecule is CCCCCCCCCC(N)OCC. The van der Waals surface area contributed by atoms with E-state index in [2.05, 4.69) is 6.92 Å². The Morgan fingerprint density at radius 1 is 0.929 bits per heavy atom. The third-order valence-corrected chi connectivity index (χ3v) is 2.47. The number of hydrogen-bond acceptors (Lipinski definition) is 2. The fraction of sp³-hybridized carbons (Fsp3) is 1.00. The molecule has 1 atom stereocenters. The minimum atomic E-state index is -0.0318. The molecular weight excluding hydrogens is 174 g/mol. The molecule has 1 unspecified atom stereocenters. The lowest BCUT2D eigenvalue weighted by Crippen LogP contribution is -2.23. The molecule has 0 saturated heterocycles. The predicted octanol–water partition coefficient (Wildman–Crippen LogP) is 3.45. The van der Waals surface area contributed by atoms with E-state index < -0.39 is 0 Å². The summed E-state index contributed by atoms with van der Waals surface area (Å²) in [4.78, 5) is 0. The van der Waals surface area contributed by atoms with Crippen molar-refractivity contribution in [3.8, 4) is 0 Å². The zero-order valence-electron chi connectivity index (χ0n) is 9.93. The Hall–Kier alpha value is -0.0800. The van der Waals surface area contributed by atoms with Crippen molar-refractivity contribution < 1.29 is 4.74 Å².